The summed E-state index contributed by atoms with van der Waals surface area (Å²) >= 11 is 1.21. The van der Waals surface area contributed by atoms with Gasteiger partial charge in [-0.15, -0.1) is 10.2 Å². The van der Waals surface area contributed by atoms with E-state index in [1.165, 1.54) is 17.8 Å². The predicted molar refractivity (Wildman–Crippen MR) is 99.2 cm³/mol. The van der Waals surface area contributed by atoms with Gasteiger partial charge in [0.05, 0.1) is 10.9 Å². The third kappa shape index (κ3) is 4.30. The van der Waals surface area contributed by atoms with Crippen molar-refractivity contribution in [1.82, 2.24) is 19.7 Å². The zero-order chi connectivity index (χ0) is 19.4. The van der Waals surface area contributed by atoms with Gasteiger partial charge in [0.25, 0.3) is 0 Å². The number of thioether (sulfide) groups is 1. The number of rotatable bonds is 6. The normalized spacial score (nSPS) is 12.0. The third-order valence-electron chi connectivity index (χ3n) is 3.79. The first-order valence-corrected chi connectivity index (χ1v) is 9.13. The molecule has 2 heterocycles. The van der Waals surface area contributed by atoms with Crippen LogP contribution < -0.4 is 5.32 Å². The van der Waals surface area contributed by atoms with Gasteiger partial charge in [0.2, 0.25) is 5.91 Å². The molecule has 0 saturated heterocycles. The third-order valence-corrected chi connectivity index (χ3v) is 4.87. The molecule has 0 bridgehead atoms. The lowest BCUT2D eigenvalue weighted by Gasteiger charge is -2.13. The van der Waals surface area contributed by atoms with Crippen LogP contribution in [0, 0.1) is 11.6 Å². The first-order valence-electron chi connectivity index (χ1n) is 8.25. The second-order valence-corrected chi connectivity index (χ2v) is 6.97. The van der Waals surface area contributed by atoms with E-state index in [0.29, 0.717) is 17.5 Å². The van der Waals surface area contributed by atoms with E-state index >= 15 is 0 Å². The largest absolute Gasteiger partial charge is 0.323 e. The lowest BCUT2D eigenvalue weighted by atomic mass is 10.3. The zero-order valence-electron chi connectivity index (χ0n) is 14.7. The minimum Gasteiger partial charge on any atom is -0.323 e. The van der Waals surface area contributed by atoms with Crippen molar-refractivity contribution in [2.45, 2.75) is 30.8 Å². The van der Waals surface area contributed by atoms with Gasteiger partial charge in [-0.1, -0.05) is 11.8 Å². The molecule has 0 spiro atoms. The molecule has 3 rings (SSSR count). The number of anilines is 1. The van der Waals surface area contributed by atoms with Crippen molar-refractivity contribution in [2.75, 3.05) is 5.32 Å². The fourth-order valence-corrected chi connectivity index (χ4v) is 3.32. The number of amides is 1. The summed E-state index contributed by atoms with van der Waals surface area (Å²) in [5.74, 6) is -1.28. The molecule has 6 nitrogen and oxygen atoms in total. The summed E-state index contributed by atoms with van der Waals surface area (Å²) in [5.41, 5.74) is 0.756. The molecular weight excluding hydrogens is 372 g/mol. The van der Waals surface area contributed by atoms with Crippen LogP contribution in [-0.4, -0.2) is 30.9 Å². The van der Waals surface area contributed by atoms with Gasteiger partial charge in [0, 0.05) is 30.6 Å². The van der Waals surface area contributed by atoms with E-state index in [2.05, 4.69) is 20.5 Å². The fourth-order valence-electron chi connectivity index (χ4n) is 2.41. The number of halogens is 2. The molecular formula is C18H17F2N5OS. The van der Waals surface area contributed by atoms with Crippen molar-refractivity contribution in [1.29, 1.82) is 0 Å². The lowest BCUT2D eigenvalue weighted by molar-refractivity contribution is -0.115. The average Bonchev–Trinajstić information content (AvgIpc) is 3.07. The Labute approximate surface area is 159 Å². The molecule has 2 aromatic heterocycles. The van der Waals surface area contributed by atoms with Crippen LogP contribution in [0.5, 0.6) is 0 Å². The number of carbonyl (C=O) groups is 1. The Balaban J connectivity index is 1.75. The minimum atomic E-state index is -0.823. The van der Waals surface area contributed by atoms with Crippen LogP contribution >= 0.6 is 11.8 Å². The minimum absolute atomic E-state index is 0.0677. The SMILES string of the molecule is CCn1c(S[C@@H](C)C(=O)Nc2ccc(F)cc2F)nnc1-c1cccnc1. The number of nitrogens with zero attached hydrogens (tertiary/aromatic N) is 4. The molecule has 27 heavy (non-hydrogen) atoms. The second-order valence-electron chi connectivity index (χ2n) is 5.67. The molecule has 0 unspecified atom stereocenters. The lowest BCUT2D eigenvalue weighted by Crippen LogP contribution is -2.23. The molecule has 9 heteroatoms. The van der Waals surface area contributed by atoms with Crippen molar-refractivity contribution in [3.05, 3.63) is 54.4 Å². The Kier molecular flexibility index (Phi) is 5.80. The molecule has 0 radical (unpaired) electrons. The molecule has 140 valence electrons. The average molecular weight is 389 g/mol. The first kappa shape index (κ1) is 19.0. The van der Waals surface area contributed by atoms with E-state index in [-0.39, 0.29) is 5.69 Å². The molecule has 1 N–H and O–H groups in total. The highest BCUT2D eigenvalue weighted by molar-refractivity contribution is 8.00. The Morgan fingerprint density at radius 2 is 2.11 bits per heavy atom. The van der Waals surface area contributed by atoms with E-state index in [1.54, 1.807) is 19.3 Å². The number of pyridine rings is 1. The van der Waals surface area contributed by atoms with E-state index in [9.17, 15) is 13.6 Å². The van der Waals surface area contributed by atoms with Crippen LogP contribution in [0.2, 0.25) is 0 Å². The smallest absolute Gasteiger partial charge is 0.237 e. The highest BCUT2D eigenvalue weighted by Gasteiger charge is 2.21. The van der Waals surface area contributed by atoms with Gasteiger partial charge in [0.1, 0.15) is 11.6 Å². The van der Waals surface area contributed by atoms with E-state index < -0.39 is 22.8 Å². The van der Waals surface area contributed by atoms with Crippen LogP contribution in [0.1, 0.15) is 13.8 Å². The number of aromatic nitrogens is 4. The zero-order valence-corrected chi connectivity index (χ0v) is 15.5. The number of hydrogen-bond acceptors (Lipinski definition) is 5. The summed E-state index contributed by atoms with van der Waals surface area (Å²) in [6.45, 7) is 4.24. The van der Waals surface area contributed by atoms with Crippen LogP contribution in [0.15, 0.2) is 47.9 Å². The molecule has 0 saturated carbocycles. The fraction of sp³-hybridized carbons (Fsp3) is 0.222. The maximum absolute atomic E-state index is 13.7. The summed E-state index contributed by atoms with van der Waals surface area (Å²) < 4.78 is 28.6. The van der Waals surface area contributed by atoms with E-state index in [1.807, 2.05) is 23.6 Å². The molecule has 0 fully saturated rings. The van der Waals surface area contributed by atoms with Crippen LogP contribution in [0.3, 0.4) is 0 Å². The number of hydrogen-bond donors (Lipinski definition) is 1. The van der Waals surface area contributed by atoms with Gasteiger partial charge in [0.15, 0.2) is 11.0 Å². The van der Waals surface area contributed by atoms with Crippen LogP contribution in [0.25, 0.3) is 11.4 Å². The van der Waals surface area contributed by atoms with Gasteiger partial charge in [-0.05, 0) is 38.1 Å². The summed E-state index contributed by atoms with van der Waals surface area (Å²) in [6.07, 6.45) is 3.37. The van der Waals surface area contributed by atoms with Gasteiger partial charge in [-0.25, -0.2) is 8.78 Å². The van der Waals surface area contributed by atoms with Gasteiger partial charge < -0.3 is 9.88 Å². The number of nitrogens with one attached hydrogen (secondary N) is 1. The molecule has 0 aliphatic carbocycles. The van der Waals surface area contributed by atoms with Gasteiger partial charge in [-0.2, -0.15) is 0 Å². The maximum atomic E-state index is 13.7. The maximum Gasteiger partial charge on any atom is 0.237 e. The first-order chi connectivity index (χ1) is 13.0. The van der Waals surface area contributed by atoms with Crippen LogP contribution in [-0.2, 0) is 11.3 Å². The highest BCUT2D eigenvalue weighted by Crippen LogP contribution is 2.27. The molecule has 1 aromatic carbocycles. The Morgan fingerprint density at radius 1 is 1.30 bits per heavy atom. The van der Waals surface area contributed by atoms with Gasteiger partial charge >= 0.3 is 0 Å². The van der Waals surface area contributed by atoms with E-state index in [0.717, 1.165) is 17.7 Å². The van der Waals surface area contributed by atoms with Crippen molar-refractivity contribution < 1.29 is 13.6 Å². The Hall–Kier alpha value is -2.81. The quantitative estimate of drug-likeness (QED) is 0.650. The summed E-state index contributed by atoms with van der Waals surface area (Å²) in [4.78, 5) is 16.5. The summed E-state index contributed by atoms with van der Waals surface area (Å²) in [7, 11) is 0. The van der Waals surface area contributed by atoms with Crippen LogP contribution in [0.4, 0.5) is 14.5 Å². The molecule has 1 amide bonds. The molecule has 0 aliphatic heterocycles. The standard InChI is InChI=1S/C18H17F2N5OS/c1-3-25-16(12-5-4-8-21-10-12)23-24-18(25)27-11(2)17(26)22-15-7-6-13(19)9-14(15)20/h4-11H,3H2,1-2H3,(H,22,26)/t11-/m0/s1. The Morgan fingerprint density at radius 3 is 2.78 bits per heavy atom. The topological polar surface area (TPSA) is 72.7 Å². The summed E-state index contributed by atoms with van der Waals surface area (Å²) in [5, 5.41) is 10.8. The molecule has 0 aliphatic rings. The predicted octanol–water partition coefficient (Wildman–Crippen LogP) is 3.76. The summed E-state index contributed by atoms with van der Waals surface area (Å²) in [6, 6.07) is 6.69. The van der Waals surface area contributed by atoms with Gasteiger partial charge in [-0.3, -0.25) is 9.78 Å². The second kappa shape index (κ2) is 8.26. The van der Waals surface area contributed by atoms with Crippen molar-refractivity contribution in [3.8, 4) is 11.4 Å². The number of carbonyl (C=O) groups excluding carboxylic acids is 1. The number of benzene rings is 1. The van der Waals surface area contributed by atoms with E-state index in [4.69, 9.17) is 0 Å². The molecule has 1 atom stereocenters. The van der Waals surface area contributed by atoms with Crippen molar-refractivity contribution in [2.24, 2.45) is 0 Å². The highest BCUT2D eigenvalue weighted by atomic mass is 32.2. The molecule has 3 aromatic rings. The Bertz CT molecular complexity index is 948. The monoisotopic (exact) mass is 389 g/mol. The van der Waals surface area contributed by atoms with Crippen molar-refractivity contribution in [3.63, 3.8) is 0 Å². The van der Waals surface area contributed by atoms with Crippen molar-refractivity contribution >= 4 is 23.4 Å².